The van der Waals surface area contributed by atoms with Crippen LogP contribution in [0, 0.1) is 0 Å². The minimum Gasteiger partial charge on any atom is -0.492 e. The molecule has 5 heteroatoms. The Hall–Kier alpha value is -2.95. The van der Waals surface area contributed by atoms with Crippen molar-refractivity contribution in [1.82, 2.24) is 4.90 Å². The Balaban J connectivity index is 1.43. The third kappa shape index (κ3) is 3.63. The third-order valence-corrected chi connectivity index (χ3v) is 4.98. The molecule has 2 aromatic rings. The van der Waals surface area contributed by atoms with E-state index in [-0.39, 0.29) is 5.91 Å². The van der Waals surface area contributed by atoms with Gasteiger partial charge in [0.25, 0.3) is 5.91 Å². The highest BCUT2D eigenvalue weighted by atomic mass is 16.5. The average molecular weight is 364 g/mol. The summed E-state index contributed by atoms with van der Waals surface area (Å²) in [5, 5.41) is 0. The zero-order chi connectivity index (χ0) is 18.6. The van der Waals surface area contributed by atoms with E-state index in [1.165, 1.54) is 0 Å². The number of hydrogen-bond donors (Lipinski definition) is 0. The lowest BCUT2D eigenvalue weighted by atomic mass is 10.1. The van der Waals surface area contributed by atoms with E-state index in [1.54, 1.807) is 0 Å². The summed E-state index contributed by atoms with van der Waals surface area (Å²) < 4.78 is 11.5. The number of fused-ring (bicyclic) bond motifs is 1. The molecule has 1 amide bonds. The first-order valence-electron chi connectivity index (χ1n) is 9.44. The van der Waals surface area contributed by atoms with E-state index in [0.29, 0.717) is 26.3 Å². The molecule has 0 unspecified atom stereocenters. The molecular weight excluding hydrogens is 340 g/mol. The van der Waals surface area contributed by atoms with Crippen LogP contribution in [0.15, 0.2) is 54.1 Å². The summed E-state index contributed by atoms with van der Waals surface area (Å²) in [6, 6.07) is 15.9. The summed E-state index contributed by atoms with van der Waals surface area (Å²) >= 11 is 0. The monoisotopic (exact) mass is 364 g/mol. The van der Waals surface area contributed by atoms with Crippen LogP contribution in [-0.4, -0.2) is 50.2 Å². The van der Waals surface area contributed by atoms with Gasteiger partial charge in [-0.05, 0) is 31.2 Å². The first kappa shape index (κ1) is 17.5. The maximum atomic E-state index is 12.9. The number of piperazine rings is 1. The molecule has 27 heavy (non-hydrogen) atoms. The molecule has 0 atom stereocenters. The lowest BCUT2D eigenvalue weighted by Crippen LogP contribution is -2.49. The molecule has 4 rings (SSSR count). The minimum absolute atomic E-state index is 0.0715. The first-order valence-corrected chi connectivity index (χ1v) is 9.44. The van der Waals surface area contributed by atoms with Crippen molar-refractivity contribution in [3.63, 3.8) is 0 Å². The molecule has 0 aliphatic carbocycles. The van der Waals surface area contributed by atoms with Gasteiger partial charge in [-0.2, -0.15) is 0 Å². The number of hydrogen-bond acceptors (Lipinski definition) is 4. The van der Waals surface area contributed by atoms with Crippen LogP contribution < -0.4 is 14.4 Å². The normalized spacial score (nSPS) is 16.3. The standard InChI is InChI=1S/C22H24N2O3/c1-2-26-21-10-6-4-8-19(21)23-11-13-24(14-12-23)22(25)18-15-17-7-3-5-9-20(17)27-16-18/h3-10,15H,2,11-14,16H2,1H3. The number of amides is 1. The largest absolute Gasteiger partial charge is 0.492 e. The second-order valence-corrected chi connectivity index (χ2v) is 6.68. The molecule has 140 valence electrons. The Kier molecular flexibility index (Phi) is 5.01. The number of carbonyl (C=O) groups excluding carboxylic acids is 1. The van der Waals surface area contributed by atoms with Gasteiger partial charge in [0.1, 0.15) is 18.1 Å². The molecule has 5 nitrogen and oxygen atoms in total. The van der Waals surface area contributed by atoms with E-state index in [0.717, 1.165) is 41.4 Å². The van der Waals surface area contributed by atoms with Crippen molar-refractivity contribution < 1.29 is 14.3 Å². The van der Waals surface area contributed by atoms with E-state index in [4.69, 9.17) is 9.47 Å². The number of carbonyl (C=O) groups is 1. The van der Waals surface area contributed by atoms with Crippen molar-refractivity contribution in [2.45, 2.75) is 6.92 Å². The number of nitrogens with zero attached hydrogens (tertiary/aromatic N) is 2. The second-order valence-electron chi connectivity index (χ2n) is 6.68. The van der Waals surface area contributed by atoms with Gasteiger partial charge in [0.15, 0.2) is 0 Å². The number of ether oxygens (including phenoxy) is 2. The summed E-state index contributed by atoms with van der Waals surface area (Å²) in [7, 11) is 0. The zero-order valence-electron chi connectivity index (χ0n) is 15.6. The molecule has 0 aromatic heterocycles. The Morgan fingerprint density at radius 3 is 2.59 bits per heavy atom. The fourth-order valence-corrected chi connectivity index (χ4v) is 3.59. The quantitative estimate of drug-likeness (QED) is 0.835. The fourth-order valence-electron chi connectivity index (χ4n) is 3.59. The van der Waals surface area contributed by atoms with Gasteiger partial charge in [-0.3, -0.25) is 4.79 Å². The van der Waals surface area contributed by atoms with Gasteiger partial charge in [-0.15, -0.1) is 0 Å². The number of benzene rings is 2. The summed E-state index contributed by atoms with van der Waals surface area (Å²) in [5.41, 5.74) is 2.79. The predicted octanol–water partition coefficient (Wildman–Crippen LogP) is 3.21. The molecule has 0 spiro atoms. The highest BCUT2D eigenvalue weighted by Gasteiger charge is 2.26. The van der Waals surface area contributed by atoms with Gasteiger partial charge in [-0.1, -0.05) is 30.3 Å². The Bertz CT molecular complexity index is 854. The Labute approximate surface area is 159 Å². The lowest BCUT2D eigenvalue weighted by molar-refractivity contribution is -0.127. The van der Waals surface area contributed by atoms with E-state index in [9.17, 15) is 4.79 Å². The lowest BCUT2D eigenvalue weighted by Gasteiger charge is -2.37. The summed E-state index contributed by atoms with van der Waals surface area (Å²) in [6.07, 6.45) is 1.96. The highest BCUT2D eigenvalue weighted by Crippen LogP contribution is 2.30. The van der Waals surface area contributed by atoms with Crippen molar-refractivity contribution in [2.75, 3.05) is 44.3 Å². The van der Waals surface area contributed by atoms with Crippen molar-refractivity contribution in [3.05, 3.63) is 59.7 Å². The summed E-state index contributed by atoms with van der Waals surface area (Å²) in [5.74, 6) is 1.81. The number of para-hydroxylation sites is 3. The van der Waals surface area contributed by atoms with Crippen LogP contribution in [0.1, 0.15) is 12.5 Å². The van der Waals surface area contributed by atoms with E-state index >= 15 is 0 Å². The minimum atomic E-state index is 0.0715. The smallest absolute Gasteiger partial charge is 0.253 e. The Morgan fingerprint density at radius 1 is 1.04 bits per heavy atom. The first-order chi connectivity index (χ1) is 13.3. The van der Waals surface area contributed by atoms with Crippen LogP contribution in [0.4, 0.5) is 5.69 Å². The third-order valence-electron chi connectivity index (χ3n) is 4.98. The topological polar surface area (TPSA) is 42.0 Å². The number of rotatable bonds is 4. The van der Waals surface area contributed by atoms with E-state index < -0.39 is 0 Å². The van der Waals surface area contributed by atoms with Crippen molar-refractivity contribution in [1.29, 1.82) is 0 Å². The van der Waals surface area contributed by atoms with Gasteiger partial charge in [-0.25, -0.2) is 0 Å². The van der Waals surface area contributed by atoms with E-state index in [1.807, 2.05) is 60.4 Å². The molecule has 0 N–H and O–H groups in total. The van der Waals surface area contributed by atoms with Crippen LogP contribution in [0.3, 0.4) is 0 Å². The maximum Gasteiger partial charge on any atom is 0.253 e. The molecular formula is C22H24N2O3. The Morgan fingerprint density at radius 2 is 1.78 bits per heavy atom. The van der Waals surface area contributed by atoms with Crippen molar-refractivity contribution >= 4 is 17.7 Å². The van der Waals surface area contributed by atoms with Crippen LogP contribution >= 0.6 is 0 Å². The van der Waals surface area contributed by atoms with Crippen molar-refractivity contribution in [2.24, 2.45) is 0 Å². The maximum absolute atomic E-state index is 12.9. The molecule has 0 saturated carbocycles. The molecule has 0 radical (unpaired) electrons. The number of anilines is 1. The second kappa shape index (κ2) is 7.74. The molecule has 2 aliphatic rings. The van der Waals surface area contributed by atoms with Gasteiger partial charge in [0, 0.05) is 31.7 Å². The van der Waals surface area contributed by atoms with Gasteiger partial charge in [0.2, 0.25) is 0 Å². The zero-order valence-corrected chi connectivity index (χ0v) is 15.6. The molecule has 0 bridgehead atoms. The van der Waals surface area contributed by atoms with Crippen LogP contribution in [0.25, 0.3) is 6.08 Å². The van der Waals surface area contributed by atoms with Crippen LogP contribution in [0.5, 0.6) is 11.5 Å². The molecule has 1 fully saturated rings. The predicted molar refractivity (Wildman–Crippen MR) is 106 cm³/mol. The molecule has 1 saturated heterocycles. The summed E-state index contributed by atoms with van der Waals surface area (Å²) in [6.45, 7) is 5.94. The molecule has 2 aliphatic heterocycles. The summed E-state index contributed by atoms with van der Waals surface area (Å²) in [4.78, 5) is 17.1. The average Bonchev–Trinajstić information content (AvgIpc) is 2.74. The van der Waals surface area contributed by atoms with Crippen molar-refractivity contribution in [3.8, 4) is 11.5 Å². The van der Waals surface area contributed by atoms with Crippen LogP contribution in [-0.2, 0) is 4.79 Å². The van der Waals surface area contributed by atoms with E-state index in [2.05, 4.69) is 11.0 Å². The SMILES string of the molecule is CCOc1ccccc1N1CCN(C(=O)C2=Cc3ccccc3OC2)CC1. The highest BCUT2D eigenvalue weighted by molar-refractivity contribution is 5.99. The van der Waals surface area contributed by atoms with Gasteiger partial charge < -0.3 is 19.3 Å². The fraction of sp³-hybridized carbons (Fsp3) is 0.318. The molecule has 2 aromatic carbocycles. The van der Waals surface area contributed by atoms with Gasteiger partial charge >= 0.3 is 0 Å². The van der Waals surface area contributed by atoms with Gasteiger partial charge in [0.05, 0.1) is 17.9 Å². The molecule has 2 heterocycles. The van der Waals surface area contributed by atoms with Crippen LogP contribution in [0.2, 0.25) is 0 Å².